The van der Waals surface area contributed by atoms with Crippen LogP contribution in [0.25, 0.3) is 10.9 Å². The van der Waals surface area contributed by atoms with E-state index in [-0.39, 0.29) is 0 Å². The lowest BCUT2D eigenvalue weighted by atomic mass is 10.1. The number of rotatable bonds is 4. The van der Waals surface area contributed by atoms with Gasteiger partial charge in [0.1, 0.15) is 6.04 Å². The zero-order valence-electron chi connectivity index (χ0n) is 8.60. The molecule has 2 atom stereocenters. The van der Waals surface area contributed by atoms with Crippen molar-refractivity contribution in [1.29, 1.82) is 0 Å². The molecule has 1 unspecified atom stereocenters. The van der Waals surface area contributed by atoms with E-state index in [9.17, 15) is 4.79 Å². The smallest absolute Gasteiger partial charge is 0.321 e. The molecule has 84 valence electrons. The zero-order valence-corrected chi connectivity index (χ0v) is 9.76. The van der Waals surface area contributed by atoms with E-state index in [4.69, 9.17) is 5.11 Å². The second kappa shape index (κ2) is 4.64. The molecule has 0 saturated carbocycles. The van der Waals surface area contributed by atoms with Gasteiger partial charge < -0.3 is 10.1 Å². The molecular weight excluding hydrogens is 223 g/mol. The third-order valence-corrected chi connectivity index (χ3v) is 3.00. The van der Waals surface area contributed by atoms with Crippen LogP contribution in [0, 0.1) is 0 Å². The van der Waals surface area contributed by atoms with Crippen molar-refractivity contribution in [3.05, 3.63) is 36.0 Å². The van der Waals surface area contributed by atoms with Crippen LogP contribution in [0.15, 0.2) is 30.5 Å². The van der Waals surface area contributed by atoms with E-state index in [2.05, 4.69) is 19.5 Å². The van der Waals surface area contributed by atoms with Crippen molar-refractivity contribution < 1.29 is 9.90 Å². The van der Waals surface area contributed by atoms with Gasteiger partial charge in [-0.3, -0.25) is 9.88 Å². The molecule has 1 aromatic carbocycles. The maximum atomic E-state index is 10.9. The minimum Gasteiger partial charge on any atom is -0.480 e. The number of carboxylic acid groups (broad SMARTS) is 1. The summed E-state index contributed by atoms with van der Waals surface area (Å²) in [4.78, 5) is 14.0. The summed E-state index contributed by atoms with van der Waals surface area (Å²) >= 11 is 0. The highest BCUT2D eigenvalue weighted by Gasteiger charge is 2.17. The molecule has 1 aromatic heterocycles. The summed E-state index contributed by atoms with van der Waals surface area (Å²) in [5.41, 5.74) is 2.04. The first-order valence-corrected chi connectivity index (χ1v) is 5.54. The molecule has 1 heterocycles. The summed E-state index contributed by atoms with van der Waals surface area (Å²) in [5, 5.41) is 12.7. The normalized spacial score (nSPS) is 12.8. The van der Waals surface area contributed by atoms with E-state index in [1.807, 2.05) is 30.5 Å². The molecule has 0 saturated heterocycles. The van der Waals surface area contributed by atoms with Crippen LogP contribution in [-0.2, 0) is 11.2 Å². The molecule has 2 aromatic rings. The van der Waals surface area contributed by atoms with Gasteiger partial charge >= 0.3 is 5.97 Å². The molecule has 0 aliphatic rings. The van der Waals surface area contributed by atoms with Crippen LogP contribution >= 0.6 is 9.39 Å². The van der Waals surface area contributed by atoms with Crippen molar-refractivity contribution in [2.24, 2.45) is 0 Å². The first-order chi connectivity index (χ1) is 7.72. The van der Waals surface area contributed by atoms with Gasteiger partial charge in [-0.15, -0.1) is 0 Å². The van der Waals surface area contributed by atoms with Gasteiger partial charge in [-0.2, -0.15) is 0 Å². The van der Waals surface area contributed by atoms with Crippen molar-refractivity contribution in [3.8, 4) is 0 Å². The number of hydrogen-bond acceptors (Lipinski definition) is 2. The largest absolute Gasteiger partial charge is 0.480 e. The topological polar surface area (TPSA) is 65.1 Å². The highest BCUT2D eigenvalue weighted by atomic mass is 31.0. The average Bonchev–Trinajstić information content (AvgIpc) is 2.69. The quantitative estimate of drug-likeness (QED) is 0.705. The Kier molecular flexibility index (Phi) is 3.22. The van der Waals surface area contributed by atoms with Gasteiger partial charge in [0.25, 0.3) is 0 Å². The second-order valence-corrected chi connectivity index (χ2v) is 3.95. The van der Waals surface area contributed by atoms with Crippen LogP contribution in [0.2, 0.25) is 0 Å². The van der Waals surface area contributed by atoms with Gasteiger partial charge in [0.15, 0.2) is 0 Å². The van der Waals surface area contributed by atoms with Crippen molar-refractivity contribution in [2.75, 3.05) is 0 Å². The minimum atomic E-state index is -0.847. The fourth-order valence-corrected chi connectivity index (χ4v) is 2.00. The molecule has 4 nitrogen and oxygen atoms in total. The van der Waals surface area contributed by atoms with Crippen LogP contribution in [0.5, 0.6) is 0 Å². The Labute approximate surface area is 95.3 Å². The summed E-state index contributed by atoms with van der Waals surface area (Å²) in [5.74, 6) is -0.847. The number of hydrogen-bond donors (Lipinski definition) is 3. The molecule has 0 spiro atoms. The van der Waals surface area contributed by atoms with Gasteiger partial charge in [0.05, 0.1) is 0 Å². The maximum Gasteiger partial charge on any atom is 0.321 e. The molecule has 0 radical (unpaired) electrons. The number of H-pyrrole nitrogens is 1. The second-order valence-electron chi connectivity index (χ2n) is 3.62. The molecule has 0 bridgehead atoms. The fraction of sp³-hybridized carbons (Fsp3) is 0.182. The molecular formula is C11H13N2O2P. The minimum absolute atomic E-state index is 0.461. The number of para-hydroxylation sites is 1. The SMILES string of the molecule is O=C(O)[C@H](Cc1c[nH]c2ccccc12)NP. The third-order valence-electron chi connectivity index (χ3n) is 2.60. The van der Waals surface area contributed by atoms with Crippen molar-refractivity contribution in [3.63, 3.8) is 0 Å². The number of aliphatic carboxylic acids is 1. The van der Waals surface area contributed by atoms with Crippen LogP contribution in [0.4, 0.5) is 0 Å². The van der Waals surface area contributed by atoms with Gasteiger partial charge in [0, 0.05) is 23.5 Å². The first kappa shape index (κ1) is 11.1. The van der Waals surface area contributed by atoms with E-state index >= 15 is 0 Å². The summed E-state index contributed by atoms with van der Waals surface area (Å²) in [6.45, 7) is 0. The molecule has 5 heteroatoms. The number of benzene rings is 1. The Hall–Kier alpha value is -1.38. The highest BCUT2D eigenvalue weighted by molar-refractivity contribution is 7.13. The Bertz CT molecular complexity index is 509. The molecule has 3 N–H and O–H groups in total. The standard InChI is InChI=1S/C11H13N2O2P/c14-11(15)10(13-16)5-7-6-12-9-4-2-1-3-8(7)9/h1-4,6,10,12-13H,5,16H2,(H,14,15)/t10-/m0/s1. The van der Waals surface area contributed by atoms with E-state index < -0.39 is 12.0 Å². The van der Waals surface area contributed by atoms with E-state index in [1.165, 1.54) is 0 Å². The van der Waals surface area contributed by atoms with Gasteiger partial charge in [-0.25, -0.2) is 0 Å². The lowest BCUT2D eigenvalue weighted by Gasteiger charge is -2.09. The van der Waals surface area contributed by atoms with Crippen LogP contribution in [-0.4, -0.2) is 22.1 Å². The summed E-state index contributed by atoms with van der Waals surface area (Å²) in [6.07, 6.45) is 2.32. The Morgan fingerprint density at radius 2 is 2.25 bits per heavy atom. The molecule has 0 amide bonds. The first-order valence-electron chi connectivity index (χ1n) is 4.96. The van der Waals surface area contributed by atoms with E-state index in [0.29, 0.717) is 6.42 Å². The molecule has 0 aliphatic heterocycles. The van der Waals surface area contributed by atoms with E-state index in [0.717, 1.165) is 16.5 Å². The number of nitrogens with one attached hydrogen (secondary N) is 2. The Morgan fingerprint density at radius 1 is 1.50 bits per heavy atom. The molecule has 0 fully saturated rings. The summed E-state index contributed by atoms with van der Waals surface area (Å²) in [7, 11) is 2.25. The van der Waals surface area contributed by atoms with Crippen molar-refractivity contribution in [2.45, 2.75) is 12.5 Å². The average molecular weight is 236 g/mol. The van der Waals surface area contributed by atoms with E-state index in [1.54, 1.807) is 0 Å². The Morgan fingerprint density at radius 3 is 2.94 bits per heavy atom. The fourth-order valence-electron chi connectivity index (χ4n) is 1.74. The number of aromatic amines is 1. The number of carbonyl (C=O) groups is 1. The summed E-state index contributed by atoms with van der Waals surface area (Å²) in [6, 6.07) is 7.28. The number of fused-ring (bicyclic) bond motifs is 1. The van der Waals surface area contributed by atoms with Gasteiger partial charge in [-0.1, -0.05) is 27.6 Å². The number of carboxylic acids is 1. The van der Waals surface area contributed by atoms with Crippen LogP contribution < -0.4 is 5.09 Å². The van der Waals surface area contributed by atoms with Gasteiger partial charge in [0.2, 0.25) is 0 Å². The summed E-state index contributed by atoms with van der Waals surface area (Å²) < 4.78 is 0. The lowest BCUT2D eigenvalue weighted by Crippen LogP contribution is -2.32. The lowest BCUT2D eigenvalue weighted by molar-refractivity contribution is -0.138. The molecule has 2 rings (SSSR count). The maximum absolute atomic E-state index is 10.9. The number of aromatic nitrogens is 1. The van der Waals surface area contributed by atoms with Crippen molar-refractivity contribution >= 4 is 26.3 Å². The highest BCUT2D eigenvalue weighted by Crippen LogP contribution is 2.19. The monoisotopic (exact) mass is 236 g/mol. The zero-order chi connectivity index (χ0) is 11.5. The van der Waals surface area contributed by atoms with Crippen LogP contribution in [0.3, 0.4) is 0 Å². The third kappa shape index (κ3) is 2.08. The van der Waals surface area contributed by atoms with Gasteiger partial charge in [-0.05, 0) is 11.6 Å². The van der Waals surface area contributed by atoms with Crippen LogP contribution in [0.1, 0.15) is 5.56 Å². The predicted molar refractivity (Wildman–Crippen MR) is 66.3 cm³/mol. The predicted octanol–water partition coefficient (Wildman–Crippen LogP) is 1.54. The molecule has 16 heavy (non-hydrogen) atoms. The van der Waals surface area contributed by atoms with Crippen molar-refractivity contribution in [1.82, 2.24) is 10.1 Å². The molecule has 0 aliphatic carbocycles. The Balaban J connectivity index is 2.30.